The molecule has 13 heavy (non-hydrogen) atoms. The summed E-state index contributed by atoms with van der Waals surface area (Å²) in [5, 5.41) is 10.2. The van der Waals surface area contributed by atoms with Gasteiger partial charge in [-0.3, -0.25) is 0 Å². The molecule has 1 aliphatic carbocycles. The molecule has 0 heterocycles. The Kier molecular flexibility index (Phi) is 3.77. The molecule has 1 atom stereocenters. The summed E-state index contributed by atoms with van der Waals surface area (Å²) in [6.45, 7) is 0.447. The van der Waals surface area contributed by atoms with E-state index in [1.165, 1.54) is 0 Å². The third kappa shape index (κ3) is 3.02. The van der Waals surface area contributed by atoms with Gasteiger partial charge in [-0.15, -0.1) is 12.3 Å². The summed E-state index contributed by atoms with van der Waals surface area (Å²) in [4.78, 5) is 0. The molecule has 74 valence electrons. The Morgan fingerprint density at radius 1 is 1.62 bits per heavy atom. The van der Waals surface area contributed by atoms with E-state index in [0.717, 1.165) is 32.1 Å². The highest BCUT2D eigenvalue weighted by Crippen LogP contribution is 2.42. The fourth-order valence-corrected chi connectivity index (χ4v) is 1.76. The van der Waals surface area contributed by atoms with Gasteiger partial charge in [0.05, 0.1) is 12.2 Å². The second-order valence-electron chi connectivity index (χ2n) is 3.87. The fourth-order valence-electron chi connectivity index (χ4n) is 1.76. The average Bonchev–Trinajstić information content (AvgIpc) is 2.87. The molecule has 0 amide bonds. The molecule has 1 saturated carbocycles. The summed E-state index contributed by atoms with van der Waals surface area (Å²) in [6.07, 6.45) is 9.85. The van der Waals surface area contributed by atoms with Crippen molar-refractivity contribution in [3.8, 4) is 12.3 Å². The Balaban J connectivity index is 2.33. The van der Waals surface area contributed by atoms with Crippen LogP contribution >= 0.6 is 0 Å². The van der Waals surface area contributed by atoms with Crippen LogP contribution in [0.15, 0.2) is 0 Å². The number of rotatable bonds is 6. The summed E-state index contributed by atoms with van der Waals surface area (Å²) in [5.74, 6) is 3.04. The molecule has 2 nitrogen and oxygen atoms in total. The van der Waals surface area contributed by atoms with E-state index in [9.17, 15) is 5.11 Å². The first-order valence-electron chi connectivity index (χ1n) is 4.88. The number of hydrogen-bond acceptors (Lipinski definition) is 2. The van der Waals surface area contributed by atoms with Crippen LogP contribution in [0.5, 0.6) is 0 Å². The number of terminal acetylenes is 1. The van der Waals surface area contributed by atoms with Crippen molar-refractivity contribution in [3.05, 3.63) is 0 Å². The van der Waals surface area contributed by atoms with Gasteiger partial charge in [-0.2, -0.15) is 0 Å². The summed E-state index contributed by atoms with van der Waals surface area (Å²) in [6, 6.07) is 0. The second kappa shape index (κ2) is 4.64. The Labute approximate surface area is 80.3 Å². The van der Waals surface area contributed by atoms with Crippen LogP contribution in [-0.2, 0) is 4.74 Å². The van der Waals surface area contributed by atoms with Crippen LogP contribution in [0.1, 0.15) is 32.1 Å². The van der Waals surface area contributed by atoms with Crippen molar-refractivity contribution in [3.63, 3.8) is 0 Å². The van der Waals surface area contributed by atoms with Crippen LogP contribution in [0, 0.1) is 18.3 Å². The Morgan fingerprint density at radius 2 is 2.31 bits per heavy atom. The molecule has 1 N–H and O–H groups in total. The number of unbranched alkanes of at least 4 members (excludes halogenated alkanes) is 1. The minimum atomic E-state index is -0.606. The Morgan fingerprint density at radius 3 is 2.77 bits per heavy atom. The zero-order valence-electron chi connectivity index (χ0n) is 8.25. The summed E-state index contributed by atoms with van der Waals surface area (Å²) in [7, 11) is 1.63. The number of aliphatic hydroxyl groups is 1. The minimum absolute atomic E-state index is 0.447. The minimum Gasteiger partial charge on any atom is -0.387 e. The molecular formula is C11H18O2. The van der Waals surface area contributed by atoms with Crippen LogP contribution in [-0.4, -0.2) is 24.4 Å². The van der Waals surface area contributed by atoms with Crippen molar-refractivity contribution >= 4 is 0 Å². The van der Waals surface area contributed by atoms with Crippen molar-refractivity contribution < 1.29 is 9.84 Å². The summed E-state index contributed by atoms with van der Waals surface area (Å²) >= 11 is 0. The average molecular weight is 182 g/mol. The molecular weight excluding hydrogens is 164 g/mol. The number of hydrogen-bond donors (Lipinski definition) is 1. The molecule has 0 aromatic heterocycles. The maximum Gasteiger partial charge on any atom is 0.0908 e. The molecule has 2 heteroatoms. The highest BCUT2D eigenvalue weighted by Gasteiger charge is 2.43. The lowest BCUT2D eigenvalue weighted by Crippen LogP contribution is -2.36. The Hall–Kier alpha value is -0.520. The van der Waals surface area contributed by atoms with Crippen LogP contribution < -0.4 is 0 Å². The largest absolute Gasteiger partial charge is 0.387 e. The normalized spacial score (nSPS) is 20.7. The van der Waals surface area contributed by atoms with E-state index in [0.29, 0.717) is 12.5 Å². The molecule has 0 aromatic carbocycles. The van der Waals surface area contributed by atoms with Crippen LogP contribution in [0.4, 0.5) is 0 Å². The molecule has 0 saturated heterocycles. The van der Waals surface area contributed by atoms with Crippen molar-refractivity contribution in [2.24, 2.45) is 5.92 Å². The summed E-state index contributed by atoms with van der Waals surface area (Å²) in [5.41, 5.74) is -0.606. The zero-order chi connectivity index (χ0) is 9.73. The van der Waals surface area contributed by atoms with Gasteiger partial charge in [0.25, 0.3) is 0 Å². The zero-order valence-corrected chi connectivity index (χ0v) is 8.25. The van der Waals surface area contributed by atoms with Gasteiger partial charge >= 0.3 is 0 Å². The van der Waals surface area contributed by atoms with Crippen molar-refractivity contribution in [2.45, 2.75) is 37.7 Å². The van der Waals surface area contributed by atoms with Gasteiger partial charge in [-0.1, -0.05) is 0 Å². The lowest BCUT2D eigenvalue weighted by Gasteiger charge is -2.27. The van der Waals surface area contributed by atoms with E-state index in [1.54, 1.807) is 7.11 Å². The van der Waals surface area contributed by atoms with Crippen molar-refractivity contribution in [2.75, 3.05) is 13.7 Å². The van der Waals surface area contributed by atoms with Gasteiger partial charge in [0.1, 0.15) is 0 Å². The SMILES string of the molecule is C#CCCCC(O)(COC)C1CC1. The van der Waals surface area contributed by atoms with E-state index in [1.807, 2.05) is 0 Å². The molecule has 0 spiro atoms. The lowest BCUT2D eigenvalue weighted by atomic mass is 9.92. The molecule has 1 aliphatic rings. The van der Waals surface area contributed by atoms with Crippen molar-refractivity contribution in [1.29, 1.82) is 0 Å². The third-order valence-corrected chi connectivity index (χ3v) is 2.66. The Bertz CT molecular complexity index is 191. The van der Waals surface area contributed by atoms with Crippen LogP contribution in [0.2, 0.25) is 0 Å². The van der Waals surface area contributed by atoms with Gasteiger partial charge in [0, 0.05) is 13.5 Å². The maximum absolute atomic E-state index is 10.2. The first-order valence-corrected chi connectivity index (χ1v) is 4.88. The first-order chi connectivity index (χ1) is 6.23. The fraction of sp³-hybridized carbons (Fsp3) is 0.818. The standard InChI is InChI=1S/C11H18O2/c1-3-4-5-8-11(12,9-13-2)10-6-7-10/h1,10,12H,4-9H2,2H3. The van der Waals surface area contributed by atoms with E-state index < -0.39 is 5.60 Å². The lowest BCUT2D eigenvalue weighted by molar-refractivity contribution is -0.0547. The van der Waals surface area contributed by atoms with E-state index in [4.69, 9.17) is 11.2 Å². The van der Waals surface area contributed by atoms with E-state index in [2.05, 4.69) is 5.92 Å². The van der Waals surface area contributed by atoms with Crippen LogP contribution in [0.3, 0.4) is 0 Å². The molecule has 0 bridgehead atoms. The van der Waals surface area contributed by atoms with Gasteiger partial charge in [0.15, 0.2) is 0 Å². The number of ether oxygens (including phenoxy) is 1. The van der Waals surface area contributed by atoms with E-state index in [-0.39, 0.29) is 0 Å². The smallest absolute Gasteiger partial charge is 0.0908 e. The molecule has 0 aliphatic heterocycles. The van der Waals surface area contributed by atoms with Gasteiger partial charge in [-0.25, -0.2) is 0 Å². The van der Waals surface area contributed by atoms with Gasteiger partial charge in [-0.05, 0) is 31.6 Å². The van der Waals surface area contributed by atoms with Gasteiger partial charge in [0.2, 0.25) is 0 Å². The predicted octanol–water partition coefficient (Wildman–Crippen LogP) is 1.58. The summed E-state index contributed by atoms with van der Waals surface area (Å²) < 4.78 is 5.04. The van der Waals surface area contributed by atoms with E-state index >= 15 is 0 Å². The molecule has 0 radical (unpaired) electrons. The number of methoxy groups -OCH3 is 1. The molecule has 1 fully saturated rings. The van der Waals surface area contributed by atoms with Crippen molar-refractivity contribution in [1.82, 2.24) is 0 Å². The topological polar surface area (TPSA) is 29.5 Å². The quantitative estimate of drug-likeness (QED) is 0.499. The molecule has 1 rings (SSSR count). The van der Waals surface area contributed by atoms with Gasteiger partial charge < -0.3 is 9.84 Å². The molecule has 1 unspecified atom stereocenters. The third-order valence-electron chi connectivity index (χ3n) is 2.66. The maximum atomic E-state index is 10.2. The predicted molar refractivity (Wildman–Crippen MR) is 52.2 cm³/mol. The van der Waals surface area contributed by atoms with Crippen LogP contribution in [0.25, 0.3) is 0 Å². The molecule has 0 aromatic rings. The monoisotopic (exact) mass is 182 g/mol. The highest BCUT2D eigenvalue weighted by molar-refractivity contribution is 4.95. The second-order valence-corrected chi connectivity index (χ2v) is 3.87. The highest BCUT2D eigenvalue weighted by atomic mass is 16.5. The first kappa shape index (κ1) is 10.6.